The van der Waals surface area contributed by atoms with Gasteiger partial charge in [-0.3, -0.25) is 0 Å². The molecule has 0 heterocycles. The molecule has 120 valence electrons. The third-order valence-corrected chi connectivity index (χ3v) is 2.70. The van der Waals surface area contributed by atoms with Crippen LogP contribution in [-0.2, 0) is 4.74 Å². The summed E-state index contributed by atoms with van der Waals surface area (Å²) in [5.74, 6) is 5.42. The minimum absolute atomic E-state index is 0.441. The predicted molar refractivity (Wildman–Crippen MR) is 84.3 cm³/mol. The fraction of sp³-hybridized carbons (Fsp3) is 0.471. The van der Waals surface area contributed by atoms with E-state index in [0.717, 1.165) is 11.1 Å². The van der Waals surface area contributed by atoms with Crippen LogP contribution in [0.4, 0.5) is 4.79 Å². The Kier molecular flexibility index (Phi) is 6.41. The third kappa shape index (κ3) is 6.61. The summed E-state index contributed by atoms with van der Waals surface area (Å²) >= 11 is 0. The van der Waals surface area contributed by atoms with Gasteiger partial charge in [0.05, 0.1) is 12.6 Å². The summed E-state index contributed by atoms with van der Waals surface area (Å²) in [6, 6.07) is 6.60. The van der Waals surface area contributed by atoms with Gasteiger partial charge in [-0.15, -0.1) is 0 Å². The average molecular weight is 305 g/mol. The average Bonchev–Trinajstić information content (AvgIpc) is 2.42. The van der Waals surface area contributed by atoms with Gasteiger partial charge in [0.15, 0.2) is 0 Å². The smallest absolute Gasteiger partial charge is 0.408 e. The molecule has 0 aliphatic carbocycles. The van der Waals surface area contributed by atoms with Gasteiger partial charge in [-0.05, 0) is 39.8 Å². The largest absolute Gasteiger partial charge is 0.444 e. The van der Waals surface area contributed by atoms with Crippen molar-refractivity contribution in [2.45, 2.75) is 45.4 Å². The summed E-state index contributed by atoms with van der Waals surface area (Å²) in [5, 5.41) is 21.7. The van der Waals surface area contributed by atoms with Crippen molar-refractivity contribution in [1.29, 1.82) is 0 Å². The molecule has 0 bridgehead atoms. The summed E-state index contributed by atoms with van der Waals surface area (Å²) in [4.78, 5) is 11.6. The number of carbonyl (C=O) groups is 1. The van der Waals surface area contributed by atoms with Crippen LogP contribution in [0.2, 0.25) is 0 Å². The highest BCUT2D eigenvalue weighted by Gasteiger charge is 2.22. The van der Waals surface area contributed by atoms with Crippen LogP contribution < -0.4 is 5.32 Å². The van der Waals surface area contributed by atoms with Gasteiger partial charge in [0.2, 0.25) is 0 Å². The van der Waals surface area contributed by atoms with E-state index in [-0.39, 0.29) is 0 Å². The first kappa shape index (κ1) is 18.0. The van der Waals surface area contributed by atoms with Crippen LogP contribution in [0.3, 0.4) is 0 Å². The summed E-state index contributed by atoms with van der Waals surface area (Å²) in [5.41, 5.74) is 1.22. The lowest BCUT2D eigenvalue weighted by molar-refractivity contribution is 0.0413. The Balaban J connectivity index is 2.67. The van der Waals surface area contributed by atoms with E-state index in [0.29, 0.717) is 0 Å². The van der Waals surface area contributed by atoms with Gasteiger partial charge in [-0.25, -0.2) is 4.79 Å². The molecule has 0 spiro atoms. The fourth-order valence-electron chi connectivity index (χ4n) is 1.58. The van der Waals surface area contributed by atoms with E-state index in [9.17, 15) is 15.0 Å². The molecule has 0 saturated carbocycles. The van der Waals surface area contributed by atoms with Crippen LogP contribution in [0.5, 0.6) is 0 Å². The number of aliphatic hydroxyl groups is 2. The Morgan fingerprint density at radius 3 is 2.41 bits per heavy atom. The molecule has 0 aromatic heterocycles. The van der Waals surface area contributed by atoms with Gasteiger partial charge in [-0.2, -0.15) is 0 Å². The highest BCUT2D eigenvalue weighted by molar-refractivity contribution is 5.68. The molecular weight excluding hydrogens is 282 g/mol. The molecule has 1 aromatic carbocycles. The number of hydrogen-bond donors (Lipinski definition) is 3. The number of rotatable bonds is 3. The lowest BCUT2D eigenvalue weighted by Gasteiger charge is -2.23. The molecule has 5 nitrogen and oxygen atoms in total. The Morgan fingerprint density at radius 2 is 1.91 bits per heavy atom. The molecular formula is C17H23NO4. The van der Waals surface area contributed by atoms with Gasteiger partial charge >= 0.3 is 6.09 Å². The Bertz CT molecular complexity index is 549. The molecule has 0 aliphatic rings. The summed E-state index contributed by atoms with van der Waals surface area (Å²) in [6.45, 7) is 6.72. The normalized spacial score (nSPS) is 13.5. The van der Waals surface area contributed by atoms with Crippen molar-refractivity contribution in [1.82, 2.24) is 5.32 Å². The molecule has 0 aliphatic heterocycles. The Morgan fingerprint density at radius 1 is 1.32 bits per heavy atom. The van der Waals surface area contributed by atoms with Crippen molar-refractivity contribution in [3.8, 4) is 11.8 Å². The topological polar surface area (TPSA) is 78.8 Å². The van der Waals surface area contributed by atoms with E-state index in [4.69, 9.17) is 4.74 Å². The number of ether oxygens (including phenoxy) is 1. The van der Waals surface area contributed by atoms with Gasteiger partial charge in [-0.1, -0.05) is 29.5 Å². The monoisotopic (exact) mass is 305 g/mol. The molecule has 2 atom stereocenters. The lowest BCUT2D eigenvalue weighted by Crippen LogP contribution is -2.47. The summed E-state index contributed by atoms with van der Waals surface area (Å²) in [6.07, 6.45) is -1.90. The van der Waals surface area contributed by atoms with E-state index in [1.54, 1.807) is 20.8 Å². The molecule has 0 unspecified atom stereocenters. The Hall–Kier alpha value is -2.03. The number of alkyl carbamates (subject to hydrolysis) is 1. The molecule has 1 rings (SSSR count). The molecule has 3 N–H and O–H groups in total. The zero-order valence-electron chi connectivity index (χ0n) is 13.4. The number of hydrogen-bond acceptors (Lipinski definition) is 4. The molecule has 0 fully saturated rings. The van der Waals surface area contributed by atoms with Crippen LogP contribution in [-0.4, -0.2) is 40.7 Å². The summed E-state index contributed by atoms with van der Waals surface area (Å²) in [7, 11) is 0. The van der Waals surface area contributed by atoms with Gasteiger partial charge in [0, 0.05) is 5.56 Å². The van der Waals surface area contributed by atoms with Crippen molar-refractivity contribution in [3.63, 3.8) is 0 Å². The first-order valence-electron chi connectivity index (χ1n) is 7.08. The minimum Gasteiger partial charge on any atom is -0.444 e. The van der Waals surface area contributed by atoms with Gasteiger partial charge in [0.25, 0.3) is 0 Å². The first-order valence-corrected chi connectivity index (χ1v) is 7.08. The van der Waals surface area contributed by atoms with E-state index < -0.39 is 30.4 Å². The molecule has 22 heavy (non-hydrogen) atoms. The zero-order valence-corrected chi connectivity index (χ0v) is 13.4. The van der Waals surface area contributed by atoms with Crippen LogP contribution in [0.15, 0.2) is 24.3 Å². The number of amides is 1. The number of aliphatic hydroxyl groups excluding tert-OH is 2. The lowest BCUT2D eigenvalue weighted by atomic mass is 10.1. The minimum atomic E-state index is -1.20. The molecule has 0 saturated heterocycles. The van der Waals surface area contributed by atoms with E-state index in [2.05, 4.69) is 17.2 Å². The second-order valence-corrected chi connectivity index (χ2v) is 6.02. The van der Waals surface area contributed by atoms with Crippen molar-refractivity contribution in [3.05, 3.63) is 35.4 Å². The first-order chi connectivity index (χ1) is 10.2. The number of benzene rings is 1. The van der Waals surface area contributed by atoms with Crippen LogP contribution in [0.1, 0.15) is 31.9 Å². The van der Waals surface area contributed by atoms with E-state index >= 15 is 0 Å². The zero-order chi connectivity index (χ0) is 16.8. The van der Waals surface area contributed by atoms with Gasteiger partial charge < -0.3 is 20.3 Å². The SMILES string of the molecule is Cc1ccc(C#C[C@H](O)[C@@H](CO)NC(=O)OC(C)(C)C)cc1. The number of aryl methyl sites for hydroxylation is 1. The van der Waals surface area contributed by atoms with Crippen molar-refractivity contribution in [2.75, 3.05) is 6.61 Å². The van der Waals surface area contributed by atoms with Crippen molar-refractivity contribution in [2.24, 2.45) is 0 Å². The number of nitrogens with one attached hydrogen (secondary N) is 1. The number of carbonyl (C=O) groups excluding carboxylic acids is 1. The molecule has 0 radical (unpaired) electrons. The molecule has 1 aromatic rings. The fourth-order valence-corrected chi connectivity index (χ4v) is 1.58. The predicted octanol–water partition coefficient (Wildman–Crippen LogP) is 1.59. The quantitative estimate of drug-likeness (QED) is 0.741. The van der Waals surface area contributed by atoms with Crippen LogP contribution >= 0.6 is 0 Å². The standard InChI is InChI=1S/C17H23NO4/c1-12-5-7-13(8-6-12)9-10-15(20)14(11-19)18-16(21)22-17(2,3)4/h5-8,14-15,19-20H,11H2,1-4H3,(H,18,21)/t14-,15+/m1/s1. The van der Waals surface area contributed by atoms with Crippen LogP contribution in [0, 0.1) is 18.8 Å². The highest BCUT2D eigenvalue weighted by atomic mass is 16.6. The second kappa shape index (κ2) is 7.83. The molecule has 1 amide bonds. The van der Waals surface area contributed by atoms with E-state index in [1.807, 2.05) is 31.2 Å². The highest BCUT2D eigenvalue weighted by Crippen LogP contribution is 2.07. The maximum Gasteiger partial charge on any atom is 0.408 e. The second-order valence-electron chi connectivity index (χ2n) is 6.02. The maximum atomic E-state index is 11.6. The summed E-state index contributed by atoms with van der Waals surface area (Å²) < 4.78 is 5.08. The van der Waals surface area contributed by atoms with Crippen molar-refractivity contribution >= 4 is 6.09 Å². The van der Waals surface area contributed by atoms with E-state index in [1.165, 1.54) is 0 Å². The molecule has 5 heteroatoms. The maximum absolute atomic E-state index is 11.6. The third-order valence-electron chi connectivity index (χ3n) is 2.70. The van der Waals surface area contributed by atoms with Crippen molar-refractivity contribution < 1.29 is 19.7 Å². The Labute approximate surface area is 131 Å². The van der Waals surface area contributed by atoms with Gasteiger partial charge in [0.1, 0.15) is 11.7 Å². The van der Waals surface area contributed by atoms with Crippen LogP contribution in [0.25, 0.3) is 0 Å².